The van der Waals surface area contributed by atoms with Crippen LogP contribution in [0.4, 0.5) is 4.39 Å². The van der Waals surface area contributed by atoms with Crippen molar-refractivity contribution in [3.63, 3.8) is 0 Å². The zero-order valence-corrected chi connectivity index (χ0v) is 11.2. The van der Waals surface area contributed by atoms with Crippen LogP contribution in [0.15, 0.2) is 12.1 Å². The molecule has 1 unspecified atom stereocenters. The summed E-state index contributed by atoms with van der Waals surface area (Å²) in [5, 5.41) is 2.73. The Morgan fingerprint density at radius 3 is 2.74 bits per heavy atom. The molecule has 0 spiro atoms. The molecule has 0 radical (unpaired) electrons. The number of hydrogen-bond acceptors (Lipinski definition) is 3. The molecule has 3 saturated heterocycles. The van der Waals surface area contributed by atoms with Gasteiger partial charge in [-0.2, -0.15) is 0 Å². The molecule has 0 aliphatic carbocycles. The first-order valence-electron chi connectivity index (χ1n) is 6.49. The highest BCUT2D eigenvalue weighted by Gasteiger charge is 2.35. The maximum absolute atomic E-state index is 13.0. The van der Waals surface area contributed by atoms with Crippen LogP contribution in [0, 0.1) is 11.7 Å². The summed E-state index contributed by atoms with van der Waals surface area (Å²) in [5.41, 5.74) is 0.169. The molecule has 4 nitrogen and oxygen atoms in total. The second-order valence-electron chi connectivity index (χ2n) is 5.19. The number of carbonyl (C=O) groups excluding carboxylic acids is 1. The zero-order chi connectivity index (χ0) is 13.4. The van der Waals surface area contributed by atoms with E-state index in [-0.39, 0.29) is 22.8 Å². The maximum Gasteiger partial charge on any atom is 0.270 e. The van der Waals surface area contributed by atoms with Gasteiger partial charge >= 0.3 is 0 Å². The first kappa shape index (κ1) is 12.8. The molecule has 1 aromatic heterocycles. The van der Waals surface area contributed by atoms with E-state index in [0.717, 1.165) is 32.5 Å². The molecular formula is C13H15ClFN3O. The number of hydrogen-bond donors (Lipinski definition) is 1. The lowest BCUT2D eigenvalue weighted by molar-refractivity contribution is 0.0617. The molecule has 3 aliphatic heterocycles. The number of halogens is 2. The van der Waals surface area contributed by atoms with Crippen molar-refractivity contribution in [2.45, 2.75) is 18.9 Å². The van der Waals surface area contributed by atoms with Gasteiger partial charge in [0, 0.05) is 12.6 Å². The standard InChI is InChI=1S/C13H15ClFN3O/c14-12-9(15)1-2-10(16-12)13(19)17-11-7-18-5-3-8(11)4-6-18/h1-2,8,11H,3-7H2,(H,17,19). The fraction of sp³-hybridized carbons (Fsp3) is 0.538. The average molecular weight is 284 g/mol. The summed E-state index contributed by atoms with van der Waals surface area (Å²) in [4.78, 5) is 18.2. The van der Waals surface area contributed by atoms with E-state index in [9.17, 15) is 9.18 Å². The first-order valence-corrected chi connectivity index (χ1v) is 6.86. The first-order chi connectivity index (χ1) is 9.13. The molecule has 102 valence electrons. The van der Waals surface area contributed by atoms with Gasteiger partial charge in [-0.15, -0.1) is 0 Å². The molecule has 0 saturated carbocycles. The highest BCUT2D eigenvalue weighted by Crippen LogP contribution is 2.27. The Bertz CT molecular complexity index is 503. The lowest BCUT2D eigenvalue weighted by Gasteiger charge is -2.44. The van der Waals surface area contributed by atoms with Gasteiger partial charge in [-0.05, 0) is 44.0 Å². The number of nitrogens with zero attached hydrogens (tertiary/aromatic N) is 2. The normalized spacial score (nSPS) is 29.3. The molecule has 1 aromatic rings. The van der Waals surface area contributed by atoms with Gasteiger partial charge in [-0.1, -0.05) is 11.6 Å². The predicted molar refractivity (Wildman–Crippen MR) is 69.6 cm³/mol. The fourth-order valence-corrected chi connectivity index (χ4v) is 3.07. The van der Waals surface area contributed by atoms with Gasteiger partial charge in [-0.3, -0.25) is 4.79 Å². The molecule has 1 amide bonds. The summed E-state index contributed by atoms with van der Waals surface area (Å²) in [6, 6.07) is 2.69. The summed E-state index contributed by atoms with van der Waals surface area (Å²) < 4.78 is 13.0. The monoisotopic (exact) mass is 283 g/mol. The van der Waals surface area contributed by atoms with Crippen LogP contribution in [-0.4, -0.2) is 41.5 Å². The molecule has 0 aromatic carbocycles. The molecule has 3 fully saturated rings. The van der Waals surface area contributed by atoms with Crippen molar-refractivity contribution in [1.29, 1.82) is 0 Å². The van der Waals surface area contributed by atoms with Gasteiger partial charge in [0.1, 0.15) is 5.69 Å². The van der Waals surface area contributed by atoms with Gasteiger partial charge in [0.2, 0.25) is 0 Å². The summed E-state index contributed by atoms with van der Waals surface area (Å²) in [5.74, 6) is -0.341. The molecule has 6 heteroatoms. The van der Waals surface area contributed by atoms with Crippen molar-refractivity contribution in [3.05, 3.63) is 28.8 Å². The van der Waals surface area contributed by atoms with Crippen molar-refractivity contribution in [3.8, 4) is 0 Å². The minimum Gasteiger partial charge on any atom is -0.346 e. The van der Waals surface area contributed by atoms with E-state index in [1.165, 1.54) is 12.1 Å². The average Bonchev–Trinajstić information content (AvgIpc) is 2.43. The molecule has 4 heterocycles. The second kappa shape index (κ2) is 5.06. The van der Waals surface area contributed by atoms with E-state index in [2.05, 4.69) is 15.2 Å². The molecule has 3 aliphatic rings. The predicted octanol–water partition coefficient (Wildman–Crippen LogP) is 1.70. The van der Waals surface area contributed by atoms with Crippen LogP contribution < -0.4 is 5.32 Å². The minimum atomic E-state index is -0.610. The lowest BCUT2D eigenvalue weighted by atomic mass is 9.84. The summed E-state index contributed by atoms with van der Waals surface area (Å²) in [6.45, 7) is 3.14. The van der Waals surface area contributed by atoms with Crippen molar-refractivity contribution in [2.24, 2.45) is 5.92 Å². The third-order valence-corrected chi connectivity index (χ3v) is 4.27. The zero-order valence-electron chi connectivity index (χ0n) is 10.4. The molecule has 2 bridgehead atoms. The topological polar surface area (TPSA) is 45.2 Å². The van der Waals surface area contributed by atoms with Gasteiger partial charge in [0.05, 0.1) is 0 Å². The molecule has 19 heavy (non-hydrogen) atoms. The van der Waals surface area contributed by atoms with Crippen LogP contribution in [0.5, 0.6) is 0 Å². The number of carbonyl (C=O) groups is 1. The SMILES string of the molecule is O=C(NC1CN2CCC1CC2)c1ccc(F)c(Cl)n1. The fourth-order valence-electron chi connectivity index (χ4n) is 2.91. The Morgan fingerprint density at radius 2 is 2.16 bits per heavy atom. The summed E-state index contributed by atoms with van der Waals surface area (Å²) >= 11 is 5.59. The lowest BCUT2D eigenvalue weighted by Crippen LogP contribution is -2.57. The third kappa shape index (κ3) is 2.58. The number of pyridine rings is 1. The van der Waals surface area contributed by atoms with E-state index in [0.29, 0.717) is 5.92 Å². The van der Waals surface area contributed by atoms with Crippen LogP contribution >= 0.6 is 11.6 Å². The van der Waals surface area contributed by atoms with Gasteiger partial charge in [0.15, 0.2) is 11.0 Å². The van der Waals surface area contributed by atoms with Crippen LogP contribution in [0.2, 0.25) is 5.15 Å². The smallest absolute Gasteiger partial charge is 0.270 e. The molecule has 1 atom stereocenters. The molecular weight excluding hydrogens is 269 g/mol. The number of piperidine rings is 3. The number of rotatable bonds is 2. The quantitative estimate of drug-likeness (QED) is 0.840. The molecule has 4 rings (SSSR count). The Labute approximate surface area is 115 Å². The Kier molecular flexibility index (Phi) is 3.41. The van der Waals surface area contributed by atoms with Gasteiger partial charge < -0.3 is 10.2 Å². The summed E-state index contributed by atoms with van der Waals surface area (Å²) in [7, 11) is 0. The van der Waals surface area contributed by atoms with E-state index < -0.39 is 5.82 Å². The van der Waals surface area contributed by atoms with Crippen molar-refractivity contribution >= 4 is 17.5 Å². The van der Waals surface area contributed by atoms with Crippen LogP contribution in [0.3, 0.4) is 0 Å². The van der Waals surface area contributed by atoms with E-state index >= 15 is 0 Å². The third-order valence-electron chi connectivity index (χ3n) is 4.01. The summed E-state index contributed by atoms with van der Waals surface area (Å²) in [6.07, 6.45) is 2.26. The van der Waals surface area contributed by atoms with Crippen LogP contribution in [0.25, 0.3) is 0 Å². The minimum absolute atomic E-state index is 0.167. The second-order valence-corrected chi connectivity index (χ2v) is 5.55. The van der Waals surface area contributed by atoms with Crippen molar-refractivity contribution in [1.82, 2.24) is 15.2 Å². The van der Waals surface area contributed by atoms with Crippen LogP contribution in [0.1, 0.15) is 23.3 Å². The van der Waals surface area contributed by atoms with Gasteiger partial charge in [-0.25, -0.2) is 9.37 Å². The van der Waals surface area contributed by atoms with Crippen LogP contribution in [-0.2, 0) is 0 Å². The Hall–Kier alpha value is -1.20. The highest BCUT2D eigenvalue weighted by molar-refractivity contribution is 6.29. The maximum atomic E-state index is 13.0. The van der Waals surface area contributed by atoms with E-state index in [1.54, 1.807) is 0 Å². The Balaban J connectivity index is 1.69. The highest BCUT2D eigenvalue weighted by atomic mass is 35.5. The van der Waals surface area contributed by atoms with Crippen molar-refractivity contribution < 1.29 is 9.18 Å². The Morgan fingerprint density at radius 1 is 1.42 bits per heavy atom. The number of fused-ring (bicyclic) bond motifs is 3. The van der Waals surface area contributed by atoms with Crippen molar-refractivity contribution in [2.75, 3.05) is 19.6 Å². The molecule has 1 N–H and O–H groups in total. The van der Waals surface area contributed by atoms with E-state index in [4.69, 9.17) is 11.6 Å². The van der Waals surface area contributed by atoms with E-state index in [1.807, 2.05) is 0 Å². The largest absolute Gasteiger partial charge is 0.346 e. The number of nitrogens with one attached hydrogen (secondary N) is 1. The number of aromatic nitrogens is 1. The van der Waals surface area contributed by atoms with Gasteiger partial charge in [0.25, 0.3) is 5.91 Å². The number of amides is 1.